The van der Waals surface area contributed by atoms with Gasteiger partial charge in [-0.2, -0.15) is 28.7 Å². The molecule has 3 aromatic rings. The molecule has 0 aliphatic heterocycles. The fourth-order valence-electron chi connectivity index (χ4n) is 2.12. The molecule has 1 N–H and O–H groups in total. The first-order valence-corrected chi connectivity index (χ1v) is 7.82. The Morgan fingerprint density at radius 2 is 2.08 bits per heavy atom. The molecule has 0 aliphatic carbocycles. The standard InChI is InChI=1S/C15H10F3N5OS/c1-8-20-11(7-25-8)6-24-12-3-9(2-10(4-12)15(16,17)18)14-13(5-19)21-23-22-14/h2-4,7H,6H2,1H3,(H,21,22,23). The summed E-state index contributed by atoms with van der Waals surface area (Å²) in [5.74, 6) is 0.00219. The molecule has 25 heavy (non-hydrogen) atoms. The number of nitrogens with one attached hydrogen (secondary N) is 1. The zero-order valence-corrected chi connectivity index (χ0v) is 13.6. The topological polar surface area (TPSA) is 87.5 Å². The van der Waals surface area contributed by atoms with E-state index in [0.29, 0.717) is 5.69 Å². The summed E-state index contributed by atoms with van der Waals surface area (Å²) in [6, 6.07) is 4.96. The lowest BCUT2D eigenvalue weighted by Gasteiger charge is -2.12. The Kier molecular flexibility index (Phi) is 4.41. The van der Waals surface area contributed by atoms with Crippen molar-refractivity contribution >= 4 is 11.3 Å². The number of H-pyrrole nitrogens is 1. The lowest BCUT2D eigenvalue weighted by molar-refractivity contribution is -0.137. The Bertz CT molecular complexity index is 941. The molecule has 6 nitrogen and oxygen atoms in total. The molecule has 2 aromatic heterocycles. The number of aromatic nitrogens is 4. The van der Waals surface area contributed by atoms with Gasteiger partial charge in [0.05, 0.1) is 16.3 Å². The first kappa shape index (κ1) is 16.9. The van der Waals surface area contributed by atoms with Crippen molar-refractivity contribution in [2.75, 3.05) is 0 Å². The highest BCUT2D eigenvalue weighted by Crippen LogP contribution is 2.35. The van der Waals surface area contributed by atoms with E-state index in [1.807, 2.05) is 6.92 Å². The number of nitriles is 1. The summed E-state index contributed by atoms with van der Waals surface area (Å²) in [7, 11) is 0. The van der Waals surface area contributed by atoms with Crippen LogP contribution in [-0.2, 0) is 12.8 Å². The van der Waals surface area contributed by atoms with Crippen LogP contribution in [0.4, 0.5) is 13.2 Å². The molecule has 128 valence electrons. The molecule has 0 unspecified atom stereocenters. The summed E-state index contributed by atoms with van der Waals surface area (Å²) in [6.07, 6.45) is -4.57. The van der Waals surface area contributed by atoms with E-state index in [2.05, 4.69) is 20.4 Å². The van der Waals surface area contributed by atoms with Gasteiger partial charge in [-0.25, -0.2) is 4.98 Å². The quantitative estimate of drug-likeness (QED) is 0.762. The largest absolute Gasteiger partial charge is 0.487 e. The summed E-state index contributed by atoms with van der Waals surface area (Å²) in [5.41, 5.74) is -0.255. The molecule has 0 aliphatic rings. The second-order valence-corrected chi connectivity index (χ2v) is 6.09. The van der Waals surface area contributed by atoms with Gasteiger partial charge in [0.15, 0.2) is 5.69 Å². The van der Waals surface area contributed by atoms with Crippen molar-refractivity contribution in [2.24, 2.45) is 0 Å². The van der Waals surface area contributed by atoms with Crippen LogP contribution in [0.15, 0.2) is 23.6 Å². The minimum absolute atomic E-state index is 0.00219. The average molecular weight is 365 g/mol. The minimum Gasteiger partial charge on any atom is -0.487 e. The highest BCUT2D eigenvalue weighted by molar-refractivity contribution is 7.09. The van der Waals surface area contributed by atoms with E-state index in [9.17, 15) is 13.2 Å². The number of hydrogen-bond donors (Lipinski definition) is 1. The Labute approximate surface area is 143 Å². The molecule has 0 bridgehead atoms. The zero-order valence-electron chi connectivity index (χ0n) is 12.8. The van der Waals surface area contributed by atoms with Crippen molar-refractivity contribution in [3.63, 3.8) is 0 Å². The maximum Gasteiger partial charge on any atom is 0.416 e. The van der Waals surface area contributed by atoms with Crippen LogP contribution in [-0.4, -0.2) is 20.4 Å². The van der Waals surface area contributed by atoms with Crippen molar-refractivity contribution in [2.45, 2.75) is 19.7 Å². The zero-order chi connectivity index (χ0) is 18.0. The molecule has 0 saturated carbocycles. The Hall–Kier alpha value is -2.93. The summed E-state index contributed by atoms with van der Waals surface area (Å²) in [6.45, 7) is 1.86. The van der Waals surface area contributed by atoms with Gasteiger partial charge >= 0.3 is 6.18 Å². The molecule has 1 aromatic carbocycles. The van der Waals surface area contributed by atoms with Gasteiger partial charge in [0, 0.05) is 10.9 Å². The normalized spacial score (nSPS) is 11.3. The number of aryl methyl sites for hydroxylation is 1. The summed E-state index contributed by atoms with van der Waals surface area (Å²) in [5, 5.41) is 21.2. The molecule has 0 atom stereocenters. The fourth-order valence-corrected chi connectivity index (χ4v) is 2.72. The number of benzene rings is 1. The maximum atomic E-state index is 13.2. The van der Waals surface area contributed by atoms with Crippen LogP contribution in [0.25, 0.3) is 11.3 Å². The van der Waals surface area contributed by atoms with Crippen LogP contribution in [0.2, 0.25) is 0 Å². The van der Waals surface area contributed by atoms with Crippen molar-refractivity contribution in [3.05, 3.63) is 45.5 Å². The summed E-state index contributed by atoms with van der Waals surface area (Å²) < 4.78 is 44.9. The third-order valence-corrected chi connectivity index (χ3v) is 4.04. The van der Waals surface area contributed by atoms with E-state index in [0.717, 1.165) is 17.1 Å². The number of rotatable bonds is 4. The van der Waals surface area contributed by atoms with E-state index in [4.69, 9.17) is 10.00 Å². The van der Waals surface area contributed by atoms with Crippen molar-refractivity contribution in [1.29, 1.82) is 5.26 Å². The van der Waals surface area contributed by atoms with E-state index in [1.54, 1.807) is 11.4 Å². The molecule has 0 amide bonds. The fraction of sp³-hybridized carbons (Fsp3) is 0.200. The van der Waals surface area contributed by atoms with Crippen LogP contribution in [0, 0.1) is 18.3 Å². The second kappa shape index (κ2) is 6.52. The Morgan fingerprint density at radius 1 is 1.28 bits per heavy atom. The molecular weight excluding hydrogens is 355 g/mol. The number of alkyl halides is 3. The summed E-state index contributed by atoms with van der Waals surface area (Å²) >= 11 is 1.42. The van der Waals surface area contributed by atoms with Crippen LogP contribution < -0.4 is 4.74 Å². The Balaban J connectivity index is 1.97. The molecular formula is C15H10F3N5OS. The van der Waals surface area contributed by atoms with Crippen molar-refractivity contribution in [1.82, 2.24) is 20.4 Å². The van der Waals surface area contributed by atoms with E-state index in [-0.39, 0.29) is 29.3 Å². The van der Waals surface area contributed by atoms with Gasteiger partial charge in [-0.05, 0) is 25.1 Å². The first-order valence-electron chi connectivity index (χ1n) is 6.94. The molecule has 10 heteroatoms. The number of thiazole rings is 1. The lowest BCUT2D eigenvalue weighted by atomic mass is 10.1. The summed E-state index contributed by atoms with van der Waals surface area (Å²) in [4.78, 5) is 4.20. The minimum atomic E-state index is -4.57. The Morgan fingerprint density at radius 3 is 2.72 bits per heavy atom. The SMILES string of the molecule is Cc1nc(COc2cc(-c3n[nH]nc3C#N)cc(C(F)(F)F)c2)cs1. The molecule has 0 fully saturated rings. The van der Waals surface area contributed by atoms with Gasteiger partial charge in [-0.15, -0.1) is 16.4 Å². The van der Waals surface area contributed by atoms with Gasteiger partial charge in [0.2, 0.25) is 0 Å². The van der Waals surface area contributed by atoms with Gasteiger partial charge in [0.1, 0.15) is 24.1 Å². The van der Waals surface area contributed by atoms with Crippen LogP contribution in [0.3, 0.4) is 0 Å². The molecule has 0 radical (unpaired) electrons. The van der Waals surface area contributed by atoms with Crippen molar-refractivity contribution < 1.29 is 17.9 Å². The number of nitrogens with zero attached hydrogens (tertiary/aromatic N) is 4. The number of aromatic amines is 1. The van der Waals surface area contributed by atoms with Crippen LogP contribution >= 0.6 is 11.3 Å². The van der Waals surface area contributed by atoms with E-state index >= 15 is 0 Å². The van der Waals surface area contributed by atoms with E-state index < -0.39 is 11.7 Å². The number of hydrogen-bond acceptors (Lipinski definition) is 6. The van der Waals surface area contributed by atoms with Crippen LogP contribution in [0.1, 0.15) is 22.0 Å². The van der Waals surface area contributed by atoms with Crippen LogP contribution in [0.5, 0.6) is 5.75 Å². The van der Waals surface area contributed by atoms with Gasteiger partial charge in [-0.1, -0.05) is 0 Å². The second-order valence-electron chi connectivity index (χ2n) is 5.02. The third-order valence-electron chi connectivity index (χ3n) is 3.21. The smallest absolute Gasteiger partial charge is 0.416 e. The molecule has 0 saturated heterocycles. The monoisotopic (exact) mass is 365 g/mol. The average Bonchev–Trinajstić information content (AvgIpc) is 3.20. The lowest BCUT2D eigenvalue weighted by Crippen LogP contribution is -2.06. The predicted octanol–water partition coefficient (Wildman–Crippen LogP) is 3.71. The molecule has 0 spiro atoms. The van der Waals surface area contributed by atoms with Crippen molar-refractivity contribution in [3.8, 4) is 23.1 Å². The predicted molar refractivity (Wildman–Crippen MR) is 82.7 cm³/mol. The molecule has 3 rings (SSSR count). The van der Waals surface area contributed by atoms with Gasteiger partial charge in [-0.3, -0.25) is 0 Å². The van der Waals surface area contributed by atoms with Gasteiger partial charge < -0.3 is 4.74 Å². The maximum absolute atomic E-state index is 13.2. The first-order chi connectivity index (χ1) is 11.9. The third kappa shape index (κ3) is 3.77. The highest BCUT2D eigenvalue weighted by Gasteiger charge is 2.32. The molecule has 2 heterocycles. The highest BCUT2D eigenvalue weighted by atomic mass is 32.1. The number of ether oxygens (including phenoxy) is 1. The van der Waals surface area contributed by atoms with E-state index in [1.165, 1.54) is 17.4 Å². The number of halogens is 3. The van der Waals surface area contributed by atoms with Gasteiger partial charge in [0.25, 0.3) is 0 Å².